The molecule has 0 saturated heterocycles. The van der Waals surface area contributed by atoms with Gasteiger partial charge in [0.05, 0.1) is 33.5 Å². The second kappa shape index (κ2) is 11.7. The Bertz CT molecular complexity index is 2920. The maximum Gasteiger partial charge on any atom is 0.123 e. The molecule has 4 heteroatoms. The average molecular weight is 656 g/mol. The summed E-state index contributed by atoms with van der Waals surface area (Å²) in [6.45, 7) is 0. The normalized spacial score (nSPS) is 11.6. The molecule has 0 unspecified atom stereocenters. The topological polar surface area (TPSA) is 22.8 Å². The van der Waals surface area contributed by atoms with Crippen LogP contribution >= 0.6 is 0 Å². The van der Waals surface area contributed by atoms with Gasteiger partial charge in [-0.25, -0.2) is 9.37 Å². The van der Waals surface area contributed by atoms with Gasteiger partial charge in [-0.3, -0.25) is 0 Å². The first-order valence-corrected chi connectivity index (χ1v) is 17.2. The molecule has 0 radical (unpaired) electrons. The average Bonchev–Trinajstić information content (AvgIpc) is 3.71. The van der Waals surface area contributed by atoms with Gasteiger partial charge in [0.1, 0.15) is 5.82 Å². The first kappa shape index (κ1) is 29.2. The van der Waals surface area contributed by atoms with Crippen molar-refractivity contribution in [3.8, 4) is 45.0 Å². The van der Waals surface area contributed by atoms with Crippen molar-refractivity contribution >= 4 is 43.6 Å². The molecular weight excluding hydrogens is 626 g/mol. The predicted molar refractivity (Wildman–Crippen MR) is 209 cm³/mol. The molecule has 240 valence electrons. The van der Waals surface area contributed by atoms with Gasteiger partial charge in [-0.15, -0.1) is 0 Å². The lowest BCUT2D eigenvalue weighted by atomic mass is 10.0. The Morgan fingerprint density at radius 3 is 1.67 bits per heavy atom. The molecule has 0 spiro atoms. The van der Waals surface area contributed by atoms with E-state index in [0.717, 1.165) is 50.5 Å². The summed E-state index contributed by atoms with van der Waals surface area (Å²) in [5.41, 5.74) is 12.8. The number of hydrogen-bond acceptors (Lipinski definition) is 1. The number of halogens is 1. The van der Waals surface area contributed by atoms with Crippen molar-refractivity contribution in [1.29, 1.82) is 0 Å². The monoisotopic (exact) mass is 655 g/mol. The van der Waals surface area contributed by atoms with Crippen LogP contribution in [0.1, 0.15) is 0 Å². The first-order chi connectivity index (χ1) is 25.2. The standard InChI is InChI=1S/C47H30FN3/c48-35-24-20-31(21-25-35)42-16-9-17-43(49-42)34-10-8-13-37(28-34)51-44-18-6-4-14-38(44)40-26-22-33(30-47(40)51)32-23-27-46-41(29-32)39-15-5-7-19-45(39)50(46)36-11-2-1-3-12-36/h1-30H. The number of benzene rings is 7. The molecule has 0 atom stereocenters. The van der Waals surface area contributed by atoms with Gasteiger partial charge in [0.2, 0.25) is 0 Å². The largest absolute Gasteiger partial charge is 0.309 e. The highest BCUT2D eigenvalue weighted by molar-refractivity contribution is 6.12. The lowest BCUT2D eigenvalue weighted by Gasteiger charge is -2.12. The van der Waals surface area contributed by atoms with Gasteiger partial charge in [-0.1, -0.05) is 91.0 Å². The fourth-order valence-electron chi connectivity index (χ4n) is 7.62. The Kier molecular flexibility index (Phi) is 6.68. The Morgan fingerprint density at radius 2 is 0.882 bits per heavy atom. The molecule has 0 fully saturated rings. The zero-order valence-corrected chi connectivity index (χ0v) is 27.5. The lowest BCUT2D eigenvalue weighted by Crippen LogP contribution is -1.95. The summed E-state index contributed by atoms with van der Waals surface area (Å²) in [5.74, 6) is -0.256. The molecule has 0 N–H and O–H groups in total. The molecule has 0 aliphatic heterocycles. The fraction of sp³-hybridized carbons (Fsp3) is 0. The predicted octanol–water partition coefficient (Wildman–Crippen LogP) is 12.4. The van der Waals surface area contributed by atoms with Crippen molar-refractivity contribution in [2.45, 2.75) is 0 Å². The molecule has 10 aromatic rings. The van der Waals surface area contributed by atoms with Crippen LogP contribution in [-0.4, -0.2) is 14.1 Å². The van der Waals surface area contributed by atoms with E-state index in [0.29, 0.717) is 0 Å². The van der Waals surface area contributed by atoms with E-state index in [2.05, 4.69) is 149 Å². The highest BCUT2D eigenvalue weighted by Gasteiger charge is 2.16. The van der Waals surface area contributed by atoms with Gasteiger partial charge in [-0.2, -0.15) is 0 Å². The van der Waals surface area contributed by atoms with E-state index in [9.17, 15) is 4.39 Å². The molecule has 10 rings (SSSR count). The van der Waals surface area contributed by atoms with Crippen molar-refractivity contribution < 1.29 is 4.39 Å². The smallest absolute Gasteiger partial charge is 0.123 e. The fourth-order valence-corrected chi connectivity index (χ4v) is 7.62. The summed E-state index contributed by atoms with van der Waals surface area (Å²) >= 11 is 0. The van der Waals surface area contributed by atoms with Gasteiger partial charge in [-0.05, 0) is 102 Å². The Morgan fingerprint density at radius 1 is 0.333 bits per heavy atom. The zero-order valence-electron chi connectivity index (χ0n) is 27.5. The number of para-hydroxylation sites is 3. The molecule has 7 aromatic carbocycles. The summed E-state index contributed by atoms with van der Waals surface area (Å²) in [6, 6.07) is 62.6. The summed E-state index contributed by atoms with van der Waals surface area (Å²) in [4.78, 5) is 4.98. The highest BCUT2D eigenvalue weighted by Crippen LogP contribution is 2.38. The quantitative estimate of drug-likeness (QED) is 0.181. The third-order valence-electron chi connectivity index (χ3n) is 9.98. The van der Waals surface area contributed by atoms with Crippen molar-refractivity contribution in [3.63, 3.8) is 0 Å². The van der Waals surface area contributed by atoms with Gasteiger partial charge in [0.25, 0.3) is 0 Å². The molecule has 3 nitrogen and oxygen atoms in total. The summed E-state index contributed by atoms with van der Waals surface area (Å²) in [5, 5.41) is 4.89. The number of pyridine rings is 1. The van der Waals surface area contributed by atoms with Crippen LogP contribution in [0.2, 0.25) is 0 Å². The Labute approximate surface area is 294 Å². The second-order valence-electron chi connectivity index (χ2n) is 13.0. The van der Waals surface area contributed by atoms with E-state index in [4.69, 9.17) is 4.98 Å². The minimum Gasteiger partial charge on any atom is -0.309 e. The summed E-state index contributed by atoms with van der Waals surface area (Å²) in [6.07, 6.45) is 0. The summed E-state index contributed by atoms with van der Waals surface area (Å²) in [7, 11) is 0. The third-order valence-corrected chi connectivity index (χ3v) is 9.98. The van der Waals surface area contributed by atoms with Gasteiger partial charge < -0.3 is 9.13 Å². The van der Waals surface area contributed by atoms with E-state index in [1.807, 2.05) is 18.2 Å². The molecule has 3 heterocycles. The molecule has 0 aliphatic rings. The number of fused-ring (bicyclic) bond motifs is 6. The highest BCUT2D eigenvalue weighted by atomic mass is 19.1. The third kappa shape index (κ3) is 4.84. The molecule has 3 aromatic heterocycles. The van der Waals surface area contributed by atoms with Crippen molar-refractivity contribution in [1.82, 2.24) is 14.1 Å². The Hall–Kier alpha value is -6.78. The van der Waals surface area contributed by atoms with Crippen molar-refractivity contribution in [3.05, 3.63) is 188 Å². The summed E-state index contributed by atoms with van der Waals surface area (Å²) < 4.78 is 18.3. The molecule has 0 aliphatic carbocycles. The van der Waals surface area contributed by atoms with Gasteiger partial charge in [0.15, 0.2) is 0 Å². The zero-order chi connectivity index (χ0) is 33.9. The van der Waals surface area contributed by atoms with E-state index in [1.165, 1.54) is 50.3 Å². The van der Waals surface area contributed by atoms with Crippen LogP contribution in [0.25, 0.3) is 88.6 Å². The van der Waals surface area contributed by atoms with Gasteiger partial charge in [0, 0.05) is 44.0 Å². The number of aromatic nitrogens is 3. The molecule has 51 heavy (non-hydrogen) atoms. The Balaban J connectivity index is 1.12. The van der Waals surface area contributed by atoms with Crippen LogP contribution < -0.4 is 0 Å². The van der Waals surface area contributed by atoms with Crippen LogP contribution in [0.5, 0.6) is 0 Å². The first-order valence-electron chi connectivity index (χ1n) is 17.2. The van der Waals surface area contributed by atoms with Crippen LogP contribution in [0, 0.1) is 5.82 Å². The number of nitrogens with zero attached hydrogens (tertiary/aromatic N) is 3. The minimum absolute atomic E-state index is 0.256. The minimum atomic E-state index is -0.256. The van der Waals surface area contributed by atoms with Crippen LogP contribution in [0.4, 0.5) is 4.39 Å². The van der Waals surface area contributed by atoms with E-state index in [1.54, 1.807) is 12.1 Å². The van der Waals surface area contributed by atoms with Crippen LogP contribution in [0.3, 0.4) is 0 Å². The van der Waals surface area contributed by atoms with E-state index < -0.39 is 0 Å². The molecule has 0 bridgehead atoms. The molecular formula is C47H30FN3. The van der Waals surface area contributed by atoms with Crippen LogP contribution in [-0.2, 0) is 0 Å². The maximum absolute atomic E-state index is 13.6. The van der Waals surface area contributed by atoms with Crippen molar-refractivity contribution in [2.24, 2.45) is 0 Å². The van der Waals surface area contributed by atoms with Crippen LogP contribution in [0.15, 0.2) is 182 Å². The molecule has 0 amide bonds. The SMILES string of the molecule is Fc1ccc(-c2cccc(-c3cccc(-n4c5ccccc5c5ccc(-c6ccc7c(c6)c6ccccc6n7-c6ccccc6)cc54)c3)n2)cc1. The van der Waals surface area contributed by atoms with E-state index in [-0.39, 0.29) is 5.82 Å². The second-order valence-corrected chi connectivity index (χ2v) is 13.0. The number of rotatable bonds is 5. The van der Waals surface area contributed by atoms with Crippen molar-refractivity contribution in [2.75, 3.05) is 0 Å². The van der Waals surface area contributed by atoms with E-state index >= 15 is 0 Å². The van der Waals surface area contributed by atoms with Gasteiger partial charge >= 0.3 is 0 Å². The maximum atomic E-state index is 13.6. The number of hydrogen-bond donors (Lipinski definition) is 0. The lowest BCUT2D eigenvalue weighted by molar-refractivity contribution is 0.628. The molecule has 0 saturated carbocycles.